The van der Waals surface area contributed by atoms with Crippen molar-refractivity contribution in [3.63, 3.8) is 0 Å². The Morgan fingerprint density at radius 3 is 2.53 bits per heavy atom. The Morgan fingerprint density at radius 2 is 1.95 bits per heavy atom. The number of anilines is 1. The van der Waals surface area contributed by atoms with E-state index in [0.717, 1.165) is 10.0 Å². The molecule has 98 valence electrons. The molecule has 19 heavy (non-hydrogen) atoms. The molecule has 1 amide bonds. The van der Waals surface area contributed by atoms with Crippen LogP contribution in [0.5, 0.6) is 0 Å². The summed E-state index contributed by atoms with van der Waals surface area (Å²) in [5.41, 5.74) is 1.08. The maximum Gasteiger partial charge on any atom is 0.259 e. The second kappa shape index (κ2) is 5.90. The van der Waals surface area contributed by atoms with Gasteiger partial charge in [0.05, 0.1) is 15.6 Å². The number of hydrogen-bond acceptors (Lipinski definition) is 2. The summed E-state index contributed by atoms with van der Waals surface area (Å²) in [5.74, 6) is 0.0951. The van der Waals surface area contributed by atoms with E-state index in [0.29, 0.717) is 15.9 Å². The molecule has 0 atom stereocenters. The van der Waals surface area contributed by atoms with Crippen LogP contribution in [0.15, 0.2) is 34.9 Å². The first-order chi connectivity index (χ1) is 8.99. The molecule has 3 nitrogen and oxygen atoms in total. The SMILES string of the molecule is Cc1cc(Br)cnc1NC(=O)c1c(Cl)cccc1Cl. The van der Waals surface area contributed by atoms with Gasteiger partial charge in [0.2, 0.25) is 0 Å². The molecule has 0 spiro atoms. The highest BCUT2D eigenvalue weighted by Crippen LogP contribution is 2.25. The first kappa shape index (κ1) is 14.3. The molecule has 1 heterocycles. The Balaban J connectivity index is 2.31. The lowest BCUT2D eigenvalue weighted by Crippen LogP contribution is -2.15. The van der Waals surface area contributed by atoms with E-state index in [2.05, 4.69) is 26.2 Å². The number of hydrogen-bond donors (Lipinski definition) is 1. The van der Waals surface area contributed by atoms with Gasteiger partial charge >= 0.3 is 0 Å². The largest absolute Gasteiger partial charge is 0.306 e. The smallest absolute Gasteiger partial charge is 0.259 e. The number of amides is 1. The van der Waals surface area contributed by atoms with Crippen LogP contribution >= 0.6 is 39.1 Å². The molecule has 0 radical (unpaired) electrons. The molecule has 1 aromatic carbocycles. The molecule has 2 rings (SSSR count). The minimum atomic E-state index is -0.381. The van der Waals surface area contributed by atoms with E-state index in [-0.39, 0.29) is 11.5 Å². The molecule has 0 aliphatic heterocycles. The number of rotatable bonds is 2. The number of aryl methyl sites for hydroxylation is 1. The Bertz CT molecular complexity index is 626. The number of nitrogens with zero attached hydrogens (tertiary/aromatic N) is 1. The van der Waals surface area contributed by atoms with Crippen molar-refractivity contribution in [3.05, 3.63) is 56.1 Å². The fourth-order valence-electron chi connectivity index (χ4n) is 1.56. The highest BCUT2D eigenvalue weighted by molar-refractivity contribution is 9.10. The zero-order valence-electron chi connectivity index (χ0n) is 9.88. The van der Waals surface area contributed by atoms with Crippen LogP contribution in [-0.2, 0) is 0 Å². The van der Waals surface area contributed by atoms with Gasteiger partial charge in [-0.2, -0.15) is 0 Å². The fourth-order valence-corrected chi connectivity index (χ4v) is 2.57. The van der Waals surface area contributed by atoms with Crippen LogP contribution in [0, 0.1) is 6.92 Å². The molecule has 0 aliphatic rings. The topological polar surface area (TPSA) is 42.0 Å². The van der Waals surface area contributed by atoms with Gasteiger partial charge < -0.3 is 5.32 Å². The molecule has 2 aromatic rings. The summed E-state index contributed by atoms with van der Waals surface area (Å²) in [6.45, 7) is 1.85. The summed E-state index contributed by atoms with van der Waals surface area (Å²) in [6, 6.07) is 6.77. The first-order valence-electron chi connectivity index (χ1n) is 5.36. The van der Waals surface area contributed by atoms with Crippen molar-refractivity contribution < 1.29 is 4.79 Å². The first-order valence-corrected chi connectivity index (χ1v) is 6.91. The molecule has 0 bridgehead atoms. The molecule has 6 heteroatoms. The highest BCUT2D eigenvalue weighted by Gasteiger charge is 2.15. The summed E-state index contributed by atoms with van der Waals surface area (Å²) < 4.78 is 0.846. The summed E-state index contributed by atoms with van der Waals surface area (Å²) in [4.78, 5) is 16.3. The molecule has 1 N–H and O–H groups in total. The second-order valence-corrected chi connectivity index (χ2v) is 5.60. The number of carbonyl (C=O) groups excluding carboxylic acids is 1. The van der Waals surface area contributed by atoms with Crippen molar-refractivity contribution in [1.82, 2.24) is 4.98 Å². The minimum Gasteiger partial charge on any atom is -0.306 e. The van der Waals surface area contributed by atoms with Gasteiger partial charge in [0.15, 0.2) is 0 Å². The van der Waals surface area contributed by atoms with Crippen molar-refractivity contribution in [2.75, 3.05) is 5.32 Å². The third kappa shape index (κ3) is 3.26. The number of pyridine rings is 1. The van der Waals surface area contributed by atoms with Crippen LogP contribution in [0.2, 0.25) is 10.0 Å². The average Bonchev–Trinajstić information content (AvgIpc) is 2.32. The van der Waals surface area contributed by atoms with Crippen LogP contribution < -0.4 is 5.32 Å². The van der Waals surface area contributed by atoms with Gasteiger partial charge in [-0.25, -0.2) is 4.98 Å². The van der Waals surface area contributed by atoms with Gasteiger partial charge in [0, 0.05) is 10.7 Å². The summed E-state index contributed by atoms with van der Waals surface area (Å²) >= 11 is 15.3. The lowest BCUT2D eigenvalue weighted by Gasteiger charge is -2.09. The van der Waals surface area contributed by atoms with Gasteiger partial charge in [-0.3, -0.25) is 4.79 Å². The summed E-state index contributed by atoms with van der Waals surface area (Å²) in [7, 11) is 0. The third-order valence-corrected chi connectivity index (χ3v) is 3.53. The molecular formula is C13H9BrCl2N2O. The van der Waals surface area contributed by atoms with Crippen molar-refractivity contribution in [2.24, 2.45) is 0 Å². The van der Waals surface area contributed by atoms with E-state index in [1.807, 2.05) is 13.0 Å². The molecule has 0 fully saturated rings. The minimum absolute atomic E-state index is 0.245. The van der Waals surface area contributed by atoms with Gasteiger partial charge in [-0.15, -0.1) is 0 Å². The van der Waals surface area contributed by atoms with Crippen LogP contribution in [0.25, 0.3) is 0 Å². The number of nitrogens with one attached hydrogen (secondary N) is 1. The number of carbonyl (C=O) groups is 1. The summed E-state index contributed by atoms with van der Waals surface area (Å²) in [5, 5.41) is 3.31. The predicted molar refractivity (Wildman–Crippen MR) is 81.1 cm³/mol. The number of benzene rings is 1. The fraction of sp³-hybridized carbons (Fsp3) is 0.0769. The zero-order valence-corrected chi connectivity index (χ0v) is 13.0. The lowest BCUT2D eigenvalue weighted by molar-refractivity contribution is 0.102. The molecule has 1 aromatic heterocycles. The third-order valence-electron chi connectivity index (χ3n) is 2.47. The molecule has 0 unspecified atom stereocenters. The van der Waals surface area contributed by atoms with E-state index >= 15 is 0 Å². The van der Waals surface area contributed by atoms with Crippen molar-refractivity contribution in [3.8, 4) is 0 Å². The van der Waals surface area contributed by atoms with Crippen LogP contribution in [0.3, 0.4) is 0 Å². The normalized spacial score (nSPS) is 10.3. The van der Waals surface area contributed by atoms with Gasteiger partial charge in [-0.05, 0) is 46.6 Å². The Morgan fingerprint density at radius 1 is 1.32 bits per heavy atom. The molecular weight excluding hydrogens is 351 g/mol. The maximum atomic E-state index is 12.2. The van der Waals surface area contributed by atoms with E-state index in [4.69, 9.17) is 23.2 Å². The van der Waals surface area contributed by atoms with Crippen LogP contribution in [0.4, 0.5) is 5.82 Å². The van der Waals surface area contributed by atoms with Crippen LogP contribution in [0.1, 0.15) is 15.9 Å². The van der Waals surface area contributed by atoms with Crippen LogP contribution in [-0.4, -0.2) is 10.9 Å². The Kier molecular flexibility index (Phi) is 4.45. The molecule has 0 saturated heterocycles. The Labute approximate surface area is 129 Å². The van der Waals surface area contributed by atoms with E-state index < -0.39 is 0 Å². The monoisotopic (exact) mass is 358 g/mol. The van der Waals surface area contributed by atoms with E-state index in [1.54, 1.807) is 24.4 Å². The predicted octanol–water partition coefficient (Wildman–Crippen LogP) is 4.71. The Hall–Kier alpha value is -1.10. The van der Waals surface area contributed by atoms with Gasteiger partial charge in [0.1, 0.15) is 5.82 Å². The maximum absolute atomic E-state index is 12.2. The standard InChI is InChI=1S/C13H9BrCl2N2O/c1-7-5-8(14)6-17-12(7)18-13(19)11-9(15)3-2-4-10(11)16/h2-6H,1H3,(H,17,18,19). The van der Waals surface area contributed by atoms with E-state index in [9.17, 15) is 4.79 Å². The van der Waals surface area contributed by atoms with Crippen molar-refractivity contribution in [1.29, 1.82) is 0 Å². The average molecular weight is 360 g/mol. The number of halogens is 3. The van der Waals surface area contributed by atoms with Crippen molar-refractivity contribution in [2.45, 2.75) is 6.92 Å². The number of aromatic nitrogens is 1. The van der Waals surface area contributed by atoms with Crippen molar-refractivity contribution >= 4 is 50.9 Å². The van der Waals surface area contributed by atoms with Gasteiger partial charge in [-0.1, -0.05) is 29.3 Å². The zero-order chi connectivity index (χ0) is 14.0. The molecule has 0 saturated carbocycles. The van der Waals surface area contributed by atoms with Gasteiger partial charge in [0.25, 0.3) is 5.91 Å². The molecule has 0 aliphatic carbocycles. The highest BCUT2D eigenvalue weighted by atomic mass is 79.9. The summed E-state index contributed by atoms with van der Waals surface area (Å²) in [6.07, 6.45) is 1.61. The quantitative estimate of drug-likeness (QED) is 0.843. The second-order valence-electron chi connectivity index (χ2n) is 3.87. The van der Waals surface area contributed by atoms with E-state index in [1.165, 1.54) is 0 Å². The lowest BCUT2D eigenvalue weighted by atomic mass is 10.2.